The van der Waals surface area contributed by atoms with Crippen molar-refractivity contribution in [2.45, 2.75) is 13.8 Å². The van der Waals surface area contributed by atoms with Crippen LogP contribution in [0.1, 0.15) is 13.8 Å². The molecule has 0 aliphatic carbocycles. The molecule has 0 spiro atoms. The lowest BCUT2D eigenvalue weighted by Crippen LogP contribution is -2.30. The average molecular weight is 294 g/mol. The van der Waals surface area contributed by atoms with Gasteiger partial charge in [0, 0.05) is 13.1 Å². The summed E-state index contributed by atoms with van der Waals surface area (Å²) in [5, 5.41) is 11.2. The van der Waals surface area contributed by atoms with E-state index in [1.54, 1.807) is 0 Å². The Morgan fingerprint density at radius 2 is 1.89 bits per heavy atom. The van der Waals surface area contributed by atoms with Crippen molar-refractivity contribution in [3.8, 4) is 0 Å². The third kappa shape index (κ3) is 15.6. The first kappa shape index (κ1) is 18.7. The van der Waals surface area contributed by atoms with E-state index in [9.17, 15) is 4.79 Å². The third-order valence-corrected chi connectivity index (χ3v) is 2.75. The van der Waals surface area contributed by atoms with E-state index in [4.69, 9.17) is 14.6 Å². The summed E-state index contributed by atoms with van der Waals surface area (Å²) in [5.74, 6) is 0.991. The Labute approximate surface area is 119 Å². The Hall–Kier alpha value is -0.340. The average Bonchev–Trinajstić information content (AvgIpc) is 2.37. The number of hydrogen-bond donors (Lipinski definition) is 3. The molecule has 0 bridgehead atoms. The van der Waals surface area contributed by atoms with Crippen LogP contribution in [0.3, 0.4) is 0 Å². The summed E-state index contributed by atoms with van der Waals surface area (Å²) in [6, 6.07) is 0. The molecule has 114 valence electrons. The second-order valence-corrected chi connectivity index (χ2v) is 5.20. The maximum absolute atomic E-state index is 11.4. The van der Waals surface area contributed by atoms with Gasteiger partial charge in [-0.2, -0.15) is 0 Å². The Kier molecular flexibility index (Phi) is 13.8. The molecule has 0 aromatic heterocycles. The Balaban J connectivity index is 3.16. The molecule has 0 atom stereocenters. The molecule has 0 unspecified atom stereocenters. The van der Waals surface area contributed by atoms with Crippen LogP contribution >= 0.6 is 11.9 Å². The van der Waals surface area contributed by atoms with E-state index < -0.39 is 0 Å². The molecular weight excluding hydrogens is 268 g/mol. The van der Waals surface area contributed by atoms with Gasteiger partial charge in [-0.25, -0.2) is 0 Å². The van der Waals surface area contributed by atoms with Gasteiger partial charge in [0.15, 0.2) is 0 Å². The van der Waals surface area contributed by atoms with Crippen LogP contribution in [0, 0.1) is 5.92 Å². The van der Waals surface area contributed by atoms with Gasteiger partial charge in [-0.3, -0.25) is 9.52 Å². The number of carbonyl (C=O) groups is 1. The van der Waals surface area contributed by atoms with E-state index in [1.165, 1.54) is 11.9 Å². The maximum atomic E-state index is 11.4. The predicted molar refractivity (Wildman–Crippen MR) is 77.0 cm³/mol. The van der Waals surface area contributed by atoms with E-state index in [-0.39, 0.29) is 12.5 Å². The fourth-order valence-corrected chi connectivity index (χ4v) is 1.83. The van der Waals surface area contributed by atoms with Gasteiger partial charge >= 0.3 is 0 Å². The van der Waals surface area contributed by atoms with Crippen molar-refractivity contribution < 1.29 is 19.4 Å². The molecule has 0 aliphatic heterocycles. The fourth-order valence-electron chi connectivity index (χ4n) is 1.04. The minimum absolute atomic E-state index is 0.00128. The summed E-state index contributed by atoms with van der Waals surface area (Å²) >= 11 is 1.42. The van der Waals surface area contributed by atoms with Crippen LogP contribution in [0.15, 0.2) is 0 Å². The molecule has 0 radical (unpaired) electrons. The van der Waals surface area contributed by atoms with Gasteiger partial charge in [0.2, 0.25) is 5.91 Å². The number of nitrogens with one attached hydrogen (secondary N) is 2. The highest BCUT2D eigenvalue weighted by atomic mass is 32.2. The van der Waals surface area contributed by atoms with Gasteiger partial charge in [0.1, 0.15) is 0 Å². The molecule has 0 aromatic carbocycles. The summed E-state index contributed by atoms with van der Waals surface area (Å²) < 4.78 is 13.4. The lowest BCUT2D eigenvalue weighted by atomic mass is 10.2. The second kappa shape index (κ2) is 14.1. The molecular formula is C12H26N2O4S. The van der Waals surface area contributed by atoms with Crippen LogP contribution in [0.5, 0.6) is 0 Å². The fraction of sp³-hybridized carbons (Fsp3) is 0.917. The topological polar surface area (TPSA) is 79.8 Å². The number of amides is 1. The summed E-state index contributed by atoms with van der Waals surface area (Å²) in [4.78, 5) is 11.4. The smallest absolute Gasteiger partial charge is 0.231 e. The maximum Gasteiger partial charge on any atom is 0.231 e. The molecule has 0 aliphatic rings. The number of ether oxygens (including phenoxy) is 2. The molecule has 19 heavy (non-hydrogen) atoms. The van der Waals surface area contributed by atoms with Gasteiger partial charge in [-0.1, -0.05) is 25.8 Å². The molecule has 0 saturated carbocycles. The van der Waals surface area contributed by atoms with Gasteiger partial charge < -0.3 is 19.9 Å². The van der Waals surface area contributed by atoms with Crippen molar-refractivity contribution in [2.24, 2.45) is 5.92 Å². The first-order valence-electron chi connectivity index (χ1n) is 6.54. The highest BCUT2D eigenvalue weighted by Crippen LogP contribution is 1.95. The molecule has 0 fully saturated rings. The van der Waals surface area contributed by atoms with Gasteiger partial charge in [-0.05, 0) is 5.92 Å². The molecule has 0 rings (SSSR count). The first-order valence-corrected chi connectivity index (χ1v) is 7.53. The number of aliphatic hydroxyl groups excluding tert-OH is 1. The predicted octanol–water partition coefficient (Wildman–Crippen LogP) is 0.0219. The summed E-state index contributed by atoms with van der Waals surface area (Å²) in [7, 11) is 0. The monoisotopic (exact) mass is 294 g/mol. The standard InChI is InChI=1S/C12H26N2O4S/c1-11(2)9-14-19-10-12(16)13-3-5-17-7-8-18-6-4-15/h11,14-15H,3-10H2,1-2H3,(H,13,16). The van der Waals surface area contributed by atoms with Crippen molar-refractivity contribution in [3.63, 3.8) is 0 Å². The van der Waals surface area contributed by atoms with Crippen molar-refractivity contribution in [2.75, 3.05) is 51.9 Å². The van der Waals surface area contributed by atoms with E-state index >= 15 is 0 Å². The third-order valence-electron chi connectivity index (χ3n) is 1.97. The van der Waals surface area contributed by atoms with Gasteiger partial charge in [-0.15, -0.1) is 0 Å². The Bertz CT molecular complexity index is 218. The molecule has 1 amide bonds. The van der Waals surface area contributed by atoms with Crippen molar-refractivity contribution >= 4 is 17.9 Å². The van der Waals surface area contributed by atoms with Crippen LogP contribution in [-0.2, 0) is 14.3 Å². The highest BCUT2D eigenvalue weighted by molar-refractivity contribution is 7.98. The largest absolute Gasteiger partial charge is 0.394 e. The van der Waals surface area contributed by atoms with Crippen molar-refractivity contribution in [1.82, 2.24) is 10.0 Å². The van der Waals surface area contributed by atoms with E-state index in [1.807, 2.05) is 0 Å². The lowest BCUT2D eigenvalue weighted by molar-refractivity contribution is -0.118. The van der Waals surface area contributed by atoms with Gasteiger partial charge in [0.25, 0.3) is 0 Å². The van der Waals surface area contributed by atoms with Crippen LogP contribution in [-0.4, -0.2) is 62.9 Å². The number of aliphatic hydroxyl groups is 1. The molecule has 7 heteroatoms. The van der Waals surface area contributed by atoms with E-state index in [0.717, 1.165) is 6.54 Å². The van der Waals surface area contributed by atoms with Crippen LogP contribution < -0.4 is 10.0 Å². The van der Waals surface area contributed by atoms with Crippen LogP contribution in [0.4, 0.5) is 0 Å². The first-order chi connectivity index (χ1) is 9.16. The van der Waals surface area contributed by atoms with Crippen molar-refractivity contribution in [1.29, 1.82) is 0 Å². The molecule has 0 heterocycles. The zero-order chi connectivity index (χ0) is 14.3. The van der Waals surface area contributed by atoms with Crippen molar-refractivity contribution in [3.05, 3.63) is 0 Å². The minimum Gasteiger partial charge on any atom is -0.394 e. The molecule has 0 aromatic rings. The van der Waals surface area contributed by atoms with Crippen LogP contribution in [0.2, 0.25) is 0 Å². The number of carbonyl (C=O) groups excluding carboxylic acids is 1. The summed E-state index contributed by atoms with van der Waals surface area (Å²) in [6.45, 7) is 7.41. The highest BCUT2D eigenvalue weighted by Gasteiger charge is 2.01. The lowest BCUT2D eigenvalue weighted by Gasteiger charge is -2.08. The quantitative estimate of drug-likeness (QED) is 0.328. The zero-order valence-electron chi connectivity index (χ0n) is 11.8. The Morgan fingerprint density at radius 1 is 1.21 bits per heavy atom. The molecule has 3 N–H and O–H groups in total. The van der Waals surface area contributed by atoms with E-state index in [0.29, 0.717) is 44.6 Å². The summed E-state index contributed by atoms with van der Waals surface area (Å²) in [6.07, 6.45) is 0. The normalized spacial score (nSPS) is 10.9. The van der Waals surface area contributed by atoms with Crippen LogP contribution in [0.25, 0.3) is 0 Å². The zero-order valence-corrected chi connectivity index (χ0v) is 12.6. The number of hydrogen-bond acceptors (Lipinski definition) is 6. The van der Waals surface area contributed by atoms with E-state index in [2.05, 4.69) is 23.9 Å². The minimum atomic E-state index is 0.00128. The molecule has 0 saturated heterocycles. The SMILES string of the molecule is CC(C)CNSCC(=O)NCCOCCOCCO. The molecule has 6 nitrogen and oxygen atoms in total. The number of rotatable bonds is 13. The van der Waals surface area contributed by atoms with Gasteiger partial charge in [0.05, 0.1) is 38.8 Å². The second-order valence-electron chi connectivity index (χ2n) is 4.33. The Morgan fingerprint density at radius 3 is 2.53 bits per heavy atom. The summed E-state index contributed by atoms with van der Waals surface area (Å²) in [5.41, 5.74) is 0.